The van der Waals surface area contributed by atoms with Crippen molar-refractivity contribution in [3.05, 3.63) is 33.0 Å². The van der Waals surface area contributed by atoms with Gasteiger partial charge in [-0.05, 0) is 40.9 Å². The third-order valence-corrected chi connectivity index (χ3v) is 4.95. The maximum atomic E-state index is 13.9. The molecule has 1 aromatic rings. The van der Waals surface area contributed by atoms with Gasteiger partial charge in [0.1, 0.15) is 5.82 Å². The average molecular weight is 348 g/mol. The lowest BCUT2D eigenvalue weighted by atomic mass is 9.85. The number of ketones is 1. The van der Waals surface area contributed by atoms with Crippen LogP contribution in [0, 0.1) is 11.7 Å². The minimum atomic E-state index is -0.483. The highest BCUT2D eigenvalue weighted by molar-refractivity contribution is 9.10. The van der Waals surface area contributed by atoms with Gasteiger partial charge in [0, 0.05) is 10.4 Å². The van der Waals surface area contributed by atoms with Crippen LogP contribution < -0.4 is 0 Å². The summed E-state index contributed by atoms with van der Waals surface area (Å²) in [5.41, 5.74) is 0.138. The molecule has 0 aliphatic heterocycles. The second-order valence-electron chi connectivity index (χ2n) is 5.15. The Hall–Kier alpha value is -0.410. The number of hydrogen-bond donors (Lipinski definition) is 0. The fraction of sp³-hybridized carbons (Fsp3) is 0.533. The molecule has 0 spiro atoms. The van der Waals surface area contributed by atoms with Crippen molar-refractivity contribution in [2.24, 2.45) is 5.92 Å². The molecule has 2 rings (SSSR count). The summed E-state index contributed by atoms with van der Waals surface area (Å²) in [6, 6.07) is 2.72. The first-order chi connectivity index (χ1) is 9.09. The molecular weight excluding hydrogens is 331 g/mol. The molecule has 0 amide bonds. The van der Waals surface area contributed by atoms with E-state index in [4.69, 9.17) is 11.6 Å². The quantitative estimate of drug-likeness (QED) is 0.489. The average Bonchev–Trinajstić information content (AvgIpc) is 2.32. The Morgan fingerprint density at radius 2 is 1.74 bits per heavy atom. The summed E-state index contributed by atoms with van der Waals surface area (Å²) in [6.45, 7) is 0. The number of carbonyl (C=O) groups is 1. The van der Waals surface area contributed by atoms with Gasteiger partial charge in [0.25, 0.3) is 0 Å². The summed E-state index contributed by atoms with van der Waals surface area (Å²) in [6.07, 6.45) is 7.45. The molecule has 4 heteroatoms. The number of benzene rings is 1. The van der Waals surface area contributed by atoms with Gasteiger partial charge in [-0.1, -0.05) is 43.7 Å². The fourth-order valence-corrected chi connectivity index (χ4v) is 3.13. The maximum absolute atomic E-state index is 13.9. The molecule has 0 aromatic heterocycles. The third kappa shape index (κ3) is 3.79. The minimum absolute atomic E-state index is 0.0490. The van der Waals surface area contributed by atoms with Crippen LogP contribution >= 0.6 is 27.5 Å². The van der Waals surface area contributed by atoms with E-state index in [1.807, 2.05) is 0 Å². The van der Waals surface area contributed by atoms with E-state index in [1.54, 1.807) is 0 Å². The van der Waals surface area contributed by atoms with Crippen LogP contribution in [0.3, 0.4) is 0 Å². The van der Waals surface area contributed by atoms with Crippen LogP contribution in [-0.4, -0.2) is 5.78 Å². The lowest BCUT2D eigenvalue weighted by molar-refractivity contribution is 0.0894. The molecule has 1 saturated carbocycles. The van der Waals surface area contributed by atoms with Crippen LogP contribution in [0.4, 0.5) is 4.39 Å². The van der Waals surface area contributed by atoms with Crippen LogP contribution in [0.2, 0.25) is 5.02 Å². The molecule has 0 atom stereocenters. The Bertz CT molecular complexity index is 467. The van der Waals surface area contributed by atoms with Gasteiger partial charge in [-0.25, -0.2) is 4.39 Å². The number of halogens is 3. The summed E-state index contributed by atoms with van der Waals surface area (Å²) < 4.78 is 14.4. The lowest BCUT2D eigenvalue weighted by Gasteiger charge is -2.19. The SMILES string of the molecule is O=C(c1cc(Cl)c(Br)cc1F)C1CCCCCCC1. The van der Waals surface area contributed by atoms with E-state index in [0.29, 0.717) is 9.50 Å². The predicted molar refractivity (Wildman–Crippen MR) is 79.2 cm³/mol. The summed E-state index contributed by atoms with van der Waals surface area (Å²) in [4.78, 5) is 12.4. The first kappa shape index (κ1) is 15.0. The fourth-order valence-electron chi connectivity index (χ4n) is 2.65. The van der Waals surface area contributed by atoms with E-state index >= 15 is 0 Å². The van der Waals surface area contributed by atoms with Gasteiger partial charge in [0.15, 0.2) is 5.78 Å². The van der Waals surface area contributed by atoms with Gasteiger partial charge in [-0.3, -0.25) is 4.79 Å². The van der Waals surface area contributed by atoms with Crippen LogP contribution in [0.5, 0.6) is 0 Å². The second kappa shape index (κ2) is 6.85. The standard InChI is InChI=1S/C15H17BrClFO/c16-12-9-14(18)11(8-13(12)17)15(19)10-6-4-2-1-3-5-7-10/h8-10H,1-7H2. The van der Waals surface area contributed by atoms with Crippen molar-refractivity contribution in [2.45, 2.75) is 44.9 Å². The highest BCUT2D eigenvalue weighted by atomic mass is 79.9. The van der Waals surface area contributed by atoms with Gasteiger partial charge >= 0.3 is 0 Å². The molecule has 0 unspecified atom stereocenters. The van der Waals surface area contributed by atoms with Crippen molar-refractivity contribution in [3.8, 4) is 0 Å². The van der Waals surface area contributed by atoms with Crippen molar-refractivity contribution in [1.82, 2.24) is 0 Å². The van der Waals surface area contributed by atoms with Gasteiger partial charge in [0.2, 0.25) is 0 Å². The molecule has 19 heavy (non-hydrogen) atoms. The summed E-state index contributed by atoms with van der Waals surface area (Å²) >= 11 is 9.13. The Morgan fingerprint density at radius 1 is 1.16 bits per heavy atom. The van der Waals surface area contributed by atoms with E-state index in [1.165, 1.54) is 31.4 Å². The zero-order valence-electron chi connectivity index (χ0n) is 10.7. The number of hydrogen-bond acceptors (Lipinski definition) is 1. The van der Waals surface area contributed by atoms with Gasteiger partial charge in [-0.15, -0.1) is 0 Å². The zero-order chi connectivity index (χ0) is 13.8. The van der Waals surface area contributed by atoms with Crippen molar-refractivity contribution >= 4 is 33.3 Å². The highest BCUT2D eigenvalue weighted by Gasteiger charge is 2.24. The largest absolute Gasteiger partial charge is 0.294 e. The van der Waals surface area contributed by atoms with E-state index in [9.17, 15) is 9.18 Å². The van der Waals surface area contributed by atoms with E-state index in [-0.39, 0.29) is 17.3 Å². The van der Waals surface area contributed by atoms with Gasteiger partial charge < -0.3 is 0 Å². The van der Waals surface area contributed by atoms with Crippen molar-refractivity contribution in [3.63, 3.8) is 0 Å². The van der Waals surface area contributed by atoms with Crippen LogP contribution in [0.1, 0.15) is 55.3 Å². The van der Waals surface area contributed by atoms with Crippen LogP contribution in [-0.2, 0) is 0 Å². The van der Waals surface area contributed by atoms with Crippen LogP contribution in [0.25, 0.3) is 0 Å². The third-order valence-electron chi connectivity index (χ3n) is 3.75. The monoisotopic (exact) mass is 346 g/mol. The molecule has 0 N–H and O–H groups in total. The number of carbonyl (C=O) groups excluding carboxylic acids is 1. The normalized spacial score (nSPS) is 17.8. The Labute approximate surface area is 126 Å². The van der Waals surface area contributed by atoms with E-state index in [2.05, 4.69) is 15.9 Å². The molecule has 1 aliphatic carbocycles. The van der Waals surface area contributed by atoms with E-state index < -0.39 is 5.82 Å². The van der Waals surface area contributed by atoms with Crippen molar-refractivity contribution in [2.75, 3.05) is 0 Å². The maximum Gasteiger partial charge on any atom is 0.168 e. The molecule has 104 valence electrons. The molecule has 0 saturated heterocycles. The van der Waals surface area contributed by atoms with Crippen molar-refractivity contribution < 1.29 is 9.18 Å². The second-order valence-corrected chi connectivity index (χ2v) is 6.41. The molecule has 1 nitrogen and oxygen atoms in total. The minimum Gasteiger partial charge on any atom is -0.294 e. The lowest BCUT2D eigenvalue weighted by Crippen LogP contribution is -2.17. The molecule has 1 fully saturated rings. The van der Waals surface area contributed by atoms with E-state index in [0.717, 1.165) is 25.7 Å². The highest BCUT2D eigenvalue weighted by Crippen LogP contribution is 2.30. The first-order valence-corrected chi connectivity index (χ1v) is 7.95. The summed E-state index contributed by atoms with van der Waals surface area (Å²) in [5, 5.41) is 0.385. The summed E-state index contributed by atoms with van der Waals surface area (Å²) in [5.74, 6) is -0.621. The Balaban J connectivity index is 2.20. The summed E-state index contributed by atoms with van der Waals surface area (Å²) in [7, 11) is 0. The zero-order valence-corrected chi connectivity index (χ0v) is 13.1. The molecule has 0 radical (unpaired) electrons. The first-order valence-electron chi connectivity index (χ1n) is 6.78. The predicted octanol–water partition coefficient (Wildman–Crippen LogP) is 5.78. The Morgan fingerprint density at radius 3 is 2.37 bits per heavy atom. The molecule has 1 aliphatic rings. The molecule has 1 aromatic carbocycles. The number of Topliss-reactive ketones (excluding diaryl/α,β-unsaturated/α-hetero) is 1. The topological polar surface area (TPSA) is 17.1 Å². The smallest absolute Gasteiger partial charge is 0.168 e. The number of rotatable bonds is 2. The molecule has 0 bridgehead atoms. The van der Waals surface area contributed by atoms with Crippen LogP contribution in [0.15, 0.2) is 16.6 Å². The Kier molecular flexibility index (Phi) is 5.40. The van der Waals surface area contributed by atoms with Crippen molar-refractivity contribution in [1.29, 1.82) is 0 Å². The van der Waals surface area contributed by atoms with Gasteiger partial charge in [0.05, 0.1) is 10.6 Å². The molecule has 0 heterocycles. The molecular formula is C15H17BrClFO. The van der Waals surface area contributed by atoms with Gasteiger partial charge in [-0.2, -0.15) is 0 Å².